The first kappa shape index (κ1) is 16.3. The van der Waals surface area contributed by atoms with Gasteiger partial charge in [-0.1, -0.05) is 53.6 Å². The lowest BCUT2D eigenvalue weighted by molar-refractivity contribution is 0.345. The molecule has 0 aliphatic heterocycles. The maximum Gasteiger partial charge on any atom is 0.166 e. The molecule has 2 aromatic carbocycles. The fourth-order valence-electron chi connectivity index (χ4n) is 2.43. The highest BCUT2D eigenvalue weighted by Crippen LogP contribution is 2.18. The number of rotatable bonds is 4. The van der Waals surface area contributed by atoms with Crippen molar-refractivity contribution >= 4 is 17.4 Å². The summed E-state index contributed by atoms with van der Waals surface area (Å²) in [6, 6.07) is 16.1. The fraction of sp³-hybridized carbons (Fsp3) is 0.158. The molecule has 1 heterocycles. The molecule has 0 unspecified atom stereocenters. The summed E-state index contributed by atoms with van der Waals surface area (Å²) in [7, 11) is 1.95. The van der Waals surface area contributed by atoms with Gasteiger partial charge < -0.3 is 0 Å². The van der Waals surface area contributed by atoms with E-state index in [0.717, 1.165) is 11.4 Å². The maximum atomic E-state index is 6.36. The Morgan fingerprint density at radius 3 is 2.58 bits per heavy atom. The SMILES string of the molecule is Cc1ccc(CN(C)N=C(c2ccccc2Cl)n2ccnc2)cc1. The summed E-state index contributed by atoms with van der Waals surface area (Å²) in [5.41, 5.74) is 3.32. The number of hydrogen-bond donors (Lipinski definition) is 0. The fourth-order valence-corrected chi connectivity index (χ4v) is 2.65. The van der Waals surface area contributed by atoms with Crippen LogP contribution in [0, 0.1) is 6.92 Å². The van der Waals surface area contributed by atoms with Crippen LogP contribution in [-0.4, -0.2) is 27.4 Å². The molecule has 5 heteroatoms. The van der Waals surface area contributed by atoms with Gasteiger partial charge in [-0.3, -0.25) is 9.58 Å². The van der Waals surface area contributed by atoms with Crippen LogP contribution in [0.25, 0.3) is 0 Å². The molecule has 0 N–H and O–H groups in total. The molecule has 0 radical (unpaired) electrons. The number of benzene rings is 2. The molecule has 3 rings (SSSR count). The normalized spacial score (nSPS) is 11.5. The summed E-state index contributed by atoms with van der Waals surface area (Å²) in [5.74, 6) is 0.743. The zero-order valence-electron chi connectivity index (χ0n) is 13.7. The summed E-state index contributed by atoms with van der Waals surface area (Å²) in [6.45, 7) is 2.79. The average molecular weight is 339 g/mol. The minimum Gasteiger partial charge on any atom is -0.294 e. The smallest absolute Gasteiger partial charge is 0.166 e. The summed E-state index contributed by atoms with van der Waals surface area (Å²) in [5, 5.41) is 7.32. The van der Waals surface area contributed by atoms with Crippen LogP contribution in [0.1, 0.15) is 16.7 Å². The summed E-state index contributed by atoms with van der Waals surface area (Å²) in [6.07, 6.45) is 5.32. The highest BCUT2D eigenvalue weighted by atomic mass is 35.5. The summed E-state index contributed by atoms with van der Waals surface area (Å²) >= 11 is 6.36. The second-order valence-corrected chi connectivity index (χ2v) is 6.08. The van der Waals surface area contributed by atoms with Gasteiger partial charge in [0.25, 0.3) is 0 Å². The van der Waals surface area contributed by atoms with Crippen LogP contribution in [0.2, 0.25) is 5.02 Å². The lowest BCUT2D eigenvalue weighted by Crippen LogP contribution is -2.20. The monoisotopic (exact) mass is 338 g/mol. The Balaban J connectivity index is 1.92. The van der Waals surface area contributed by atoms with E-state index >= 15 is 0 Å². The molecular formula is C19H19ClN4. The van der Waals surface area contributed by atoms with Gasteiger partial charge in [-0.05, 0) is 24.6 Å². The number of hydrogen-bond acceptors (Lipinski definition) is 3. The highest BCUT2D eigenvalue weighted by Gasteiger charge is 2.11. The van der Waals surface area contributed by atoms with Gasteiger partial charge in [0.15, 0.2) is 5.84 Å². The van der Waals surface area contributed by atoms with E-state index in [1.807, 2.05) is 47.1 Å². The van der Waals surface area contributed by atoms with Gasteiger partial charge in [-0.2, -0.15) is 5.10 Å². The van der Waals surface area contributed by atoms with E-state index in [9.17, 15) is 0 Å². The molecule has 0 amide bonds. The minimum absolute atomic E-state index is 0.661. The Kier molecular flexibility index (Phi) is 4.96. The molecule has 0 spiro atoms. The van der Waals surface area contributed by atoms with Crippen LogP contribution in [0.4, 0.5) is 0 Å². The third-order valence-electron chi connectivity index (χ3n) is 3.66. The summed E-state index contributed by atoms with van der Waals surface area (Å²) < 4.78 is 1.87. The van der Waals surface area contributed by atoms with Crippen LogP contribution in [0.3, 0.4) is 0 Å². The zero-order chi connectivity index (χ0) is 16.9. The highest BCUT2D eigenvalue weighted by molar-refractivity contribution is 6.34. The number of aryl methyl sites for hydroxylation is 1. The Morgan fingerprint density at radius 2 is 1.92 bits per heavy atom. The third kappa shape index (κ3) is 3.84. The van der Waals surface area contributed by atoms with Crippen LogP contribution < -0.4 is 0 Å². The molecule has 3 aromatic rings. The van der Waals surface area contributed by atoms with Crippen molar-refractivity contribution in [3.05, 3.63) is 89.0 Å². The molecule has 0 saturated heterocycles. The number of halogens is 1. The van der Waals surface area contributed by atoms with Crippen molar-refractivity contribution in [2.75, 3.05) is 7.05 Å². The van der Waals surface area contributed by atoms with Gasteiger partial charge in [0.1, 0.15) is 6.33 Å². The van der Waals surface area contributed by atoms with Gasteiger partial charge in [0.05, 0.1) is 11.6 Å². The van der Waals surface area contributed by atoms with Gasteiger partial charge in [-0.15, -0.1) is 0 Å². The predicted octanol–water partition coefficient (Wildman–Crippen LogP) is 4.19. The first-order valence-corrected chi connectivity index (χ1v) is 8.10. The first-order valence-electron chi connectivity index (χ1n) is 7.72. The van der Waals surface area contributed by atoms with Crippen molar-refractivity contribution in [2.45, 2.75) is 13.5 Å². The Labute approximate surface area is 147 Å². The van der Waals surface area contributed by atoms with Crippen molar-refractivity contribution in [3.8, 4) is 0 Å². The standard InChI is InChI=1S/C19H19ClN4/c1-15-7-9-16(10-8-15)13-23(2)22-19(24-12-11-21-14-24)17-5-3-4-6-18(17)20/h3-12,14H,13H2,1-2H3. The Bertz CT molecular complexity index is 823. The maximum absolute atomic E-state index is 6.36. The molecule has 0 fully saturated rings. The summed E-state index contributed by atoms with van der Waals surface area (Å²) in [4.78, 5) is 4.12. The Morgan fingerprint density at radius 1 is 1.17 bits per heavy atom. The van der Waals surface area contributed by atoms with Crippen molar-refractivity contribution < 1.29 is 0 Å². The number of nitrogens with zero attached hydrogens (tertiary/aromatic N) is 4. The molecule has 0 aliphatic rings. The van der Waals surface area contributed by atoms with E-state index in [0.29, 0.717) is 11.6 Å². The molecule has 1 aromatic heterocycles. The lowest BCUT2D eigenvalue weighted by Gasteiger charge is -2.17. The molecule has 0 saturated carbocycles. The van der Waals surface area contributed by atoms with E-state index in [4.69, 9.17) is 16.7 Å². The van der Waals surface area contributed by atoms with Crippen LogP contribution >= 0.6 is 11.6 Å². The molecule has 0 aliphatic carbocycles. The second kappa shape index (κ2) is 7.32. The van der Waals surface area contributed by atoms with E-state index in [-0.39, 0.29) is 0 Å². The predicted molar refractivity (Wildman–Crippen MR) is 98.3 cm³/mol. The largest absolute Gasteiger partial charge is 0.294 e. The number of imidazole rings is 1. The van der Waals surface area contributed by atoms with E-state index in [1.165, 1.54) is 11.1 Å². The molecule has 4 nitrogen and oxygen atoms in total. The lowest BCUT2D eigenvalue weighted by atomic mass is 10.1. The van der Waals surface area contributed by atoms with E-state index in [1.54, 1.807) is 12.5 Å². The first-order chi connectivity index (χ1) is 11.6. The van der Waals surface area contributed by atoms with Gasteiger partial charge in [0.2, 0.25) is 0 Å². The quantitative estimate of drug-likeness (QED) is 0.406. The van der Waals surface area contributed by atoms with Gasteiger partial charge >= 0.3 is 0 Å². The number of hydrazone groups is 1. The van der Waals surface area contributed by atoms with Crippen molar-refractivity contribution in [2.24, 2.45) is 5.10 Å². The molecular weight excluding hydrogens is 320 g/mol. The van der Waals surface area contributed by atoms with Gasteiger partial charge in [-0.25, -0.2) is 4.98 Å². The topological polar surface area (TPSA) is 33.4 Å². The van der Waals surface area contributed by atoms with Crippen LogP contribution in [-0.2, 0) is 6.54 Å². The second-order valence-electron chi connectivity index (χ2n) is 5.67. The molecule has 0 bridgehead atoms. The number of aromatic nitrogens is 2. The molecule has 122 valence electrons. The van der Waals surface area contributed by atoms with Crippen LogP contribution in [0.15, 0.2) is 72.4 Å². The zero-order valence-corrected chi connectivity index (χ0v) is 14.5. The molecule has 24 heavy (non-hydrogen) atoms. The minimum atomic E-state index is 0.661. The van der Waals surface area contributed by atoms with E-state index in [2.05, 4.69) is 36.2 Å². The van der Waals surface area contributed by atoms with E-state index < -0.39 is 0 Å². The van der Waals surface area contributed by atoms with Crippen LogP contribution in [0.5, 0.6) is 0 Å². The Hall–Kier alpha value is -2.59. The average Bonchev–Trinajstić information content (AvgIpc) is 3.10. The van der Waals surface area contributed by atoms with Gasteiger partial charge in [0, 0.05) is 25.0 Å². The van der Waals surface area contributed by atoms with Crippen molar-refractivity contribution in [1.29, 1.82) is 0 Å². The third-order valence-corrected chi connectivity index (χ3v) is 3.99. The molecule has 0 atom stereocenters. The van der Waals surface area contributed by atoms with Crippen molar-refractivity contribution in [3.63, 3.8) is 0 Å². The van der Waals surface area contributed by atoms with Crippen molar-refractivity contribution in [1.82, 2.24) is 14.6 Å².